The first-order valence-corrected chi connectivity index (χ1v) is 10.6. The second-order valence-corrected chi connectivity index (χ2v) is 8.63. The zero-order valence-electron chi connectivity index (χ0n) is 17.9. The van der Waals surface area contributed by atoms with Crippen LogP contribution in [0.4, 0.5) is 0 Å². The Kier molecular flexibility index (Phi) is 6.27. The summed E-state index contributed by atoms with van der Waals surface area (Å²) in [5, 5.41) is 20.0. The highest BCUT2D eigenvalue weighted by atomic mass is 35.5. The summed E-state index contributed by atoms with van der Waals surface area (Å²) < 4.78 is 2.18. The van der Waals surface area contributed by atoms with Crippen LogP contribution in [0.3, 0.4) is 0 Å². The molecule has 0 saturated heterocycles. The van der Waals surface area contributed by atoms with Crippen molar-refractivity contribution in [3.63, 3.8) is 0 Å². The molecule has 1 aliphatic heterocycles. The lowest BCUT2D eigenvalue weighted by Gasteiger charge is -2.18. The van der Waals surface area contributed by atoms with Crippen LogP contribution in [0.5, 0.6) is 5.75 Å². The summed E-state index contributed by atoms with van der Waals surface area (Å²) in [6.45, 7) is 9.18. The standard InChI is InChI=1S/C23H22ClNO3.C2H6/c1-23(2)12-19-22(15-5-9-17(26)10-6-15)21(14-3-7-16(24)8-4-14)18(11-20(27)28)25(19)13-23;1-2/h3-10,26H,11-13H2,1-2H3,(H,27,28);1-2H3. The van der Waals surface area contributed by atoms with Crippen molar-refractivity contribution in [3.05, 3.63) is 64.9 Å². The zero-order chi connectivity index (χ0) is 22.1. The highest BCUT2D eigenvalue weighted by molar-refractivity contribution is 6.30. The quantitative estimate of drug-likeness (QED) is 0.507. The van der Waals surface area contributed by atoms with E-state index in [1.807, 2.05) is 50.2 Å². The summed E-state index contributed by atoms with van der Waals surface area (Å²) in [4.78, 5) is 11.7. The molecule has 1 aromatic heterocycles. The Morgan fingerprint density at radius 3 is 2.10 bits per heavy atom. The predicted molar refractivity (Wildman–Crippen MR) is 122 cm³/mol. The molecule has 5 heteroatoms. The van der Waals surface area contributed by atoms with E-state index < -0.39 is 5.97 Å². The first-order chi connectivity index (χ1) is 14.2. The van der Waals surface area contributed by atoms with Gasteiger partial charge in [-0.2, -0.15) is 0 Å². The number of phenolic OH excluding ortho intramolecular Hbond substituents is 1. The van der Waals surface area contributed by atoms with Gasteiger partial charge in [-0.3, -0.25) is 4.79 Å². The summed E-state index contributed by atoms with van der Waals surface area (Å²) >= 11 is 6.08. The number of carboxylic acids is 1. The van der Waals surface area contributed by atoms with E-state index in [0.29, 0.717) is 5.02 Å². The molecule has 0 radical (unpaired) electrons. The van der Waals surface area contributed by atoms with Gasteiger partial charge in [0.1, 0.15) is 5.75 Å². The molecule has 0 atom stereocenters. The molecular weight excluding hydrogens is 398 g/mol. The van der Waals surface area contributed by atoms with Gasteiger partial charge in [0.25, 0.3) is 0 Å². The topological polar surface area (TPSA) is 62.5 Å². The highest BCUT2D eigenvalue weighted by Crippen LogP contribution is 2.47. The van der Waals surface area contributed by atoms with Gasteiger partial charge in [-0.05, 0) is 47.2 Å². The summed E-state index contributed by atoms with van der Waals surface area (Å²) in [6.07, 6.45) is 0.822. The Balaban J connectivity index is 0.00000124. The molecule has 3 aromatic rings. The Labute approximate surface area is 182 Å². The van der Waals surface area contributed by atoms with Gasteiger partial charge in [-0.25, -0.2) is 0 Å². The largest absolute Gasteiger partial charge is 0.508 e. The first-order valence-electron chi connectivity index (χ1n) is 10.3. The molecule has 2 heterocycles. The summed E-state index contributed by atoms with van der Waals surface area (Å²) in [6, 6.07) is 14.6. The summed E-state index contributed by atoms with van der Waals surface area (Å²) in [5.41, 5.74) is 5.94. The molecule has 0 amide bonds. The average molecular weight is 426 g/mol. The molecule has 0 fully saturated rings. The van der Waals surface area contributed by atoms with Crippen molar-refractivity contribution in [3.8, 4) is 28.0 Å². The number of fused-ring (bicyclic) bond motifs is 1. The molecular formula is C25H28ClNO3. The van der Waals surface area contributed by atoms with Crippen molar-refractivity contribution >= 4 is 17.6 Å². The molecule has 0 spiro atoms. The van der Waals surface area contributed by atoms with Crippen molar-refractivity contribution in [2.45, 2.75) is 47.1 Å². The Bertz CT molecular complexity index is 1050. The number of nitrogens with zero attached hydrogens (tertiary/aromatic N) is 1. The number of benzene rings is 2. The minimum Gasteiger partial charge on any atom is -0.508 e. The number of carbonyl (C=O) groups is 1. The lowest BCUT2D eigenvalue weighted by molar-refractivity contribution is -0.136. The molecule has 0 unspecified atom stereocenters. The van der Waals surface area contributed by atoms with Crippen LogP contribution in [0, 0.1) is 5.41 Å². The second-order valence-electron chi connectivity index (χ2n) is 8.19. The number of carboxylic acid groups (broad SMARTS) is 1. The van der Waals surface area contributed by atoms with Crippen LogP contribution in [0.1, 0.15) is 39.1 Å². The number of rotatable bonds is 4. The fourth-order valence-electron chi connectivity index (χ4n) is 4.23. The number of aromatic nitrogens is 1. The van der Waals surface area contributed by atoms with Crippen LogP contribution in [0.2, 0.25) is 5.02 Å². The van der Waals surface area contributed by atoms with E-state index in [1.165, 1.54) is 0 Å². The monoisotopic (exact) mass is 425 g/mol. The van der Waals surface area contributed by atoms with Crippen molar-refractivity contribution in [1.82, 2.24) is 4.57 Å². The van der Waals surface area contributed by atoms with Gasteiger partial charge in [-0.15, -0.1) is 0 Å². The fraction of sp³-hybridized carbons (Fsp3) is 0.320. The minimum atomic E-state index is -0.850. The van der Waals surface area contributed by atoms with E-state index in [-0.39, 0.29) is 17.6 Å². The average Bonchev–Trinajstić information content (AvgIpc) is 3.15. The van der Waals surface area contributed by atoms with E-state index in [0.717, 1.165) is 46.6 Å². The van der Waals surface area contributed by atoms with Crippen molar-refractivity contribution in [2.75, 3.05) is 0 Å². The van der Waals surface area contributed by atoms with Crippen molar-refractivity contribution < 1.29 is 15.0 Å². The number of aliphatic carboxylic acids is 1. The molecule has 2 aromatic carbocycles. The van der Waals surface area contributed by atoms with Gasteiger partial charge in [0.2, 0.25) is 0 Å². The molecule has 0 aliphatic carbocycles. The second kappa shape index (κ2) is 8.57. The molecule has 0 bridgehead atoms. The Morgan fingerprint density at radius 2 is 1.53 bits per heavy atom. The number of halogens is 1. The molecule has 30 heavy (non-hydrogen) atoms. The van der Waals surface area contributed by atoms with Crippen molar-refractivity contribution in [1.29, 1.82) is 0 Å². The van der Waals surface area contributed by atoms with E-state index in [2.05, 4.69) is 18.4 Å². The maximum atomic E-state index is 11.7. The van der Waals surface area contributed by atoms with Gasteiger partial charge in [0.05, 0.1) is 6.42 Å². The van der Waals surface area contributed by atoms with E-state index in [9.17, 15) is 15.0 Å². The number of aromatic hydroxyl groups is 1. The maximum absolute atomic E-state index is 11.7. The van der Waals surface area contributed by atoms with Gasteiger partial charge in [-0.1, -0.05) is 63.6 Å². The van der Waals surface area contributed by atoms with Gasteiger partial charge in [0, 0.05) is 34.1 Å². The SMILES string of the molecule is CC.CC1(C)Cc2c(-c3ccc(O)cc3)c(-c3ccc(Cl)cc3)c(CC(=O)O)n2C1. The summed E-state index contributed by atoms with van der Waals surface area (Å²) in [7, 11) is 0. The molecule has 4 rings (SSSR count). The number of hydrogen-bond acceptors (Lipinski definition) is 2. The third-order valence-electron chi connectivity index (χ3n) is 5.32. The molecule has 4 nitrogen and oxygen atoms in total. The lowest BCUT2D eigenvalue weighted by Crippen LogP contribution is -2.15. The predicted octanol–water partition coefficient (Wildman–Crippen LogP) is 6.42. The van der Waals surface area contributed by atoms with Crippen LogP contribution in [-0.4, -0.2) is 20.7 Å². The van der Waals surface area contributed by atoms with Gasteiger partial charge >= 0.3 is 5.97 Å². The lowest BCUT2D eigenvalue weighted by atomic mass is 9.86. The fourth-order valence-corrected chi connectivity index (χ4v) is 4.35. The number of hydrogen-bond donors (Lipinski definition) is 2. The van der Waals surface area contributed by atoms with Gasteiger partial charge < -0.3 is 14.8 Å². The first kappa shape index (κ1) is 22.0. The highest BCUT2D eigenvalue weighted by Gasteiger charge is 2.36. The maximum Gasteiger partial charge on any atom is 0.309 e. The van der Waals surface area contributed by atoms with E-state index in [1.54, 1.807) is 12.1 Å². The summed E-state index contributed by atoms with van der Waals surface area (Å²) in [5.74, 6) is -0.642. The zero-order valence-corrected chi connectivity index (χ0v) is 18.6. The van der Waals surface area contributed by atoms with Crippen molar-refractivity contribution in [2.24, 2.45) is 5.41 Å². The molecule has 158 valence electrons. The van der Waals surface area contributed by atoms with Crippen LogP contribution in [0.25, 0.3) is 22.3 Å². The van der Waals surface area contributed by atoms with Crippen LogP contribution < -0.4 is 0 Å². The third-order valence-corrected chi connectivity index (χ3v) is 5.57. The molecule has 0 saturated carbocycles. The van der Waals surface area contributed by atoms with Crippen LogP contribution >= 0.6 is 11.6 Å². The normalized spacial score (nSPS) is 14.0. The Morgan fingerprint density at radius 1 is 1.00 bits per heavy atom. The molecule has 1 aliphatic rings. The van der Waals surface area contributed by atoms with Crippen LogP contribution in [0.15, 0.2) is 48.5 Å². The minimum absolute atomic E-state index is 0.0425. The van der Waals surface area contributed by atoms with Crippen LogP contribution in [-0.2, 0) is 24.2 Å². The van der Waals surface area contributed by atoms with E-state index in [4.69, 9.17) is 11.6 Å². The number of phenols is 1. The Hall–Kier alpha value is -2.72. The van der Waals surface area contributed by atoms with Gasteiger partial charge in [0.15, 0.2) is 0 Å². The smallest absolute Gasteiger partial charge is 0.309 e. The molecule has 2 N–H and O–H groups in total. The van der Waals surface area contributed by atoms with E-state index >= 15 is 0 Å². The third kappa shape index (κ3) is 4.24.